The van der Waals surface area contributed by atoms with E-state index in [4.69, 9.17) is 24.7 Å². The number of aliphatic hydroxyl groups is 1. The molecular formula is C57H65N11O5. The van der Waals surface area contributed by atoms with Crippen LogP contribution in [0.25, 0.3) is 67.9 Å². The molecule has 2 aromatic carbocycles. The smallest absolute Gasteiger partial charge is 0.250 e. The van der Waals surface area contributed by atoms with E-state index in [1.54, 1.807) is 36.7 Å². The summed E-state index contributed by atoms with van der Waals surface area (Å²) in [5.74, 6) is 1.27. The molecule has 0 bridgehead atoms. The summed E-state index contributed by atoms with van der Waals surface area (Å²) >= 11 is 0. The number of aromatic nitrogens is 8. The fraction of sp³-hybridized carbons (Fsp3) is 0.368. The number of nitrogen functional groups attached to an aromatic ring is 1. The van der Waals surface area contributed by atoms with Crippen LogP contribution in [0.3, 0.4) is 0 Å². The Morgan fingerprint density at radius 3 is 1.66 bits per heavy atom. The van der Waals surface area contributed by atoms with E-state index in [9.17, 15) is 14.7 Å². The van der Waals surface area contributed by atoms with E-state index < -0.39 is 0 Å². The first-order valence-electron chi connectivity index (χ1n) is 25.6. The van der Waals surface area contributed by atoms with Crippen LogP contribution in [0.15, 0.2) is 128 Å². The molecule has 16 nitrogen and oxygen atoms in total. The lowest BCUT2D eigenvalue weighted by Gasteiger charge is -2.23. The Morgan fingerprint density at radius 1 is 0.644 bits per heavy atom. The highest BCUT2D eigenvalue weighted by Gasteiger charge is 2.23. The summed E-state index contributed by atoms with van der Waals surface area (Å²) in [4.78, 5) is 45.9. The quantitative estimate of drug-likeness (QED) is 0.0926. The Hall–Kier alpha value is -7.40. The van der Waals surface area contributed by atoms with E-state index in [0.29, 0.717) is 46.5 Å². The van der Waals surface area contributed by atoms with Crippen LogP contribution in [-0.2, 0) is 13.1 Å². The molecule has 0 atom stereocenters. The largest absolute Gasteiger partial charge is 0.394 e. The van der Waals surface area contributed by atoms with Crippen molar-refractivity contribution in [3.8, 4) is 67.9 Å². The highest BCUT2D eigenvalue weighted by Crippen LogP contribution is 2.34. The molecule has 11 rings (SSSR count). The van der Waals surface area contributed by atoms with E-state index >= 15 is 0 Å². The number of rotatable bonds is 14. The normalized spacial score (nSPS) is 15.5. The van der Waals surface area contributed by atoms with Gasteiger partial charge in [-0.15, -0.1) is 0 Å². The molecule has 2 aliphatic carbocycles. The summed E-state index contributed by atoms with van der Waals surface area (Å²) < 4.78 is 15.0. The van der Waals surface area contributed by atoms with Gasteiger partial charge >= 0.3 is 0 Å². The second kappa shape index (κ2) is 21.8. The van der Waals surface area contributed by atoms with Crippen molar-refractivity contribution in [2.75, 3.05) is 25.4 Å². The molecule has 1 aliphatic heterocycles. The summed E-state index contributed by atoms with van der Waals surface area (Å²) in [6.45, 7) is 9.89. The predicted molar refractivity (Wildman–Crippen MR) is 284 cm³/mol. The third-order valence-corrected chi connectivity index (χ3v) is 14.4. The highest BCUT2D eigenvalue weighted by atomic mass is 16.5. The van der Waals surface area contributed by atoms with Crippen molar-refractivity contribution in [1.29, 1.82) is 0 Å². The molecule has 16 heteroatoms. The van der Waals surface area contributed by atoms with Gasteiger partial charge in [0.15, 0.2) is 23.0 Å². The minimum Gasteiger partial charge on any atom is -0.394 e. The van der Waals surface area contributed by atoms with Gasteiger partial charge in [-0.1, -0.05) is 84.5 Å². The number of likely N-dealkylation sites (tertiary alicyclic amines) is 1. The number of aliphatic hydroxyl groups excluding tert-OH is 1. The van der Waals surface area contributed by atoms with Gasteiger partial charge in [-0.05, 0) is 95.6 Å². The Labute approximate surface area is 425 Å². The lowest BCUT2D eigenvalue weighted by atomic mass is 10.1. The number of aryl methyl sites for hydroxylation is 1. The standard InChI is InChI=1S/C29H33N5O3.C28H30N6O2.H2/c1-19-28(32-25(16-30-19)22-12-13-27(36)34(17-22)23-6-4-5-7-23)26-14-24(33-37-26)21-10-8-20(9-11-21)15-31-29(2,3)18-35;29-28-27(31-24(16-30-28)21-11-12-26(35)34(18-21)22-5-1-2-6-22)25-15-23(32-36-25)20-9-7-19(8-10-20)17-33-13-3-4-14-33;/h8-14,16-17,23,31,35H,4-7,15,18H2,1-3H3;7-12,15-16,18,22H,1-6,13-14,17H2,(H2,29,30);1H. The Balaban J connectivity index is 0.000000179. The zero-order valence-electron chi connectivity index (χ0n) is 41.8. The van der Waals surface area contributed by atoms with Crippen LogP contribution in [0, 0.1) is 6.92 Å². The number of nitrogens with two attached hydrogens (primary N) is 1. The molecule has 378 valence electrons. The van der Waals surface area contributed by atoms with Crippen molar-refractivity contribution in [3.05, 3.63) is 147 Å². The van der Waals surface area contributed by atoms with E-state index in [0.717, 1.165) is 97.1 Å². The van der Waals surface area contributed by atoms with Crippen LogP contribution in [-0.4, -0.2) is 74.6 Å². The van der Waals surface area contributed by atoms with Crippen LogP contribution in [0.1, 0.15) is 108 Å². The first-order chi connectivity index (χ1) is 35.5. The van der Waals surface area contributed by atoms with Gasteiger partial charge in [-0.2, -0.15) is 0 Å². The van der Waals surface area contributed by atoms with Gasteiger partial charge in [0.05, 0.1) is 36.1 Å². The maximum absolute atomic E-state index is 12.5. The topological polar surface area (TPSA) is 209 Å². The Kier molecular flexibility index (Phi) is 14.7. The molecule has 2 saturated carbocycles. The van der Waals surface area contributed by atoms with Gasteiger partial charge in [0.1, 0.15) is 17.1 Å². The number of benzene rings is 2. The second-order valence-corrected chi connectivity index (χ2v) is 20.3. The van der Waals surface area contributed by atoms with E-state index in [1.807, 2.05) is 78.7 Å². The molecule has 0 radical (unpaired) electrons. The van der Waals surface area contributed by atoms with Crippen molar-refractivity contribution in [2.24, 2.45) is 0 Å². The van der Waals surface area contributed by atoms with E-state index in [2.05, 4.69) is 54.8 Å². The average Bonchev–Trinajstić information content (AvgIpc) is 4.29. The number of pyridine rings is 2. The maximum atomic E-state index is 12.5. The molecule has 6 aromatic heterocycles. The van der Waals surface area contributed by atoms with Crippen LogP contribution in [0.4, 0.5) is 5.82 Å². The molecule has 8 aromatic rings. The van der Waals surface area contributed by atoms with Crippen molar-refractivity contribution >= 4 is 5.82 Å². The molecule has 1 saturated heterocycles. The molecule has 0 spiro atoms. The first-order valence-corrected chi connectivity index (χ1v) is 25.6. The summed E-state index contributed by atoms with van der Waals surface area (Å²) in [5.41, 5.74) is 16.4. The summed E-state index contributed by atoms with van der Waals surface area (Å²) in [7, 11) is 0. The number of nitrogens with one attached hydrogen (secondary N) is 1. The van der Waals surface area contributed by atoms with Crippen LogP contribution in [0.5, 0.6) is 0 Å². The fourth-order valence-electron chi connectivity index (χ4n) is 10.0. The minimum absolute atomic E-state index is 0. The molecule has 4 N–H and O–H groups in total. The van der Waals surface area contributed by atoms with Gasteiger partial charge in [0.2, 0.25) is 0 Å². The van der Waals surface area contributed by atoms with E-state index in [-0.39, 0.29) is 42.6 Å². The van der Waals surface area contributed by atoms with Crippen LogP contribution in [0.2, 0.25) is 0 Å². The molecule has 0 amide bonds. The number of nitrogens with zero attached hydrogens (tertiary/aromatic N) is 9. The van der Waals surface area contributed by atoms with Crippen molar-refractivity contribution < 1.29 is 15.6 Å². The average molecular weight is 984 g/mol. The summed E-state index contributed by atoms with van der Waals surface area (Å²) in [6, 6.07) is 27.6. The minimum atomic E-state index is -0.332. The number of hydrogen-bond donors (Lipinski definition) is 3. The summed E-state index contributed by atoms with van der Waals surface area (Å²) in [6.07, 6.45) is 18.5. The predicted octanol–water partition coefficient (Wildman–Crippen LogP) is 10.1. The van der Waals surface area contributed by atoms with Crippen molar-refractivity contribution in [3.63, 3.8) is 0 Å². The molecular weight excluding hydrogens is 919 g/mol. The van der Waals surface area contributed by atoms with Crippen molar-refractivity contribution in [2.45, 2.75) is 116 Å². The first kappa shape index (κ1) is 49.2. The molecule has 3 aliphatic rings. The number of anilines is 1. The molecule has 73 heavy (non-hydrogen) atoms. The monoisotopic (exact) mass is 984 g/mol. The maximum Gasteiger partial charge on any atom is 0.250 e. The second-order valence-electron chi connectivity index (χ2n) is 20.3. The highest BCUT2D eigenvalue weighted by molar-refractivity contribution is 5.73. The van der Waals surface area contributed by atoms with E-state index in [1.165, 1.54) is 31.5 Å². The van der Waals surface area contributed by atoms with Gasteiger partial charge in [-0.3, -0.25) is 19.5 Å². The third-order valence-electron chi connectivity index (χ3n) is 14.4. The lowest BCUT2D eigenvalue weighted by Crippen LogP contribution is -2.42. The summed E-state index contributed by atoms with van der Waals surface area (Å²) in [5, 5.41) is 21.3. The zero-order valence-corrected chi connectivity index (χ0v) is 41.8. The SMILES string of the molecule is Cc1ncc(-c2ccc(=O)n(C3CCCC3)c2)nc1-c1cc(-c2ccc(CNC(C)(C)CO)cc2)no1.Nc1ncc(-c2ccc(=O)n(C3CCCC3)c2)nc1-c1cc(-c2ccc(CN3CCCC3)cc2)no1.[HH]. The Morgan fingerprint density at radius 2 is 1.12 bits per heavy atom. The fourth-order valence-corrected chi connectivity index (χ4v) is 10.0. The molecule has 7 heterocycles. The number of hydrogen-bond acceptors (Lipinski definition) is 14. The molecule has 3 fully saturated rings. The van der Waals surface area contributed by atoms with Crippen LogP contribution >= 0.6 is 0 Å². The zero-order chi connectivity index (χ0) is 50.5. The van der Waals surface area contributed by atoms with Gasteiger partial charge in [-0.25, -0.2) is 15.0 Å². The van der Waals surface area contributed by atoms with Crippen LogP contribution < -0.4 is 22.2 Å². The molecule has 0 unspecified atom stereocenters. The van der Waals surface area contributed by atoms with Gasteiger partial charge < -0.3 is 34.3 Å². The Bertz CT molecular complexity index is 3290. The van der Waals surface area contributed by atoms with Gasteiger partial charge in [0, 0.05) is 91.1 Å². The van der Waals surface area contributed by atoms with Crippen molar-refractivity contribution in [1.82, 2.24) is 49.6 Å². The lowest BCUT2D eigenvalue weighted by molar-refractivity contribution is 0.187. The third kappa shape index (κ3) is 11.5. The van der Waals surface area contributed by atoms with Gasteiger partial charge in [0.25, 0.3) is 11.1 Å².